The predicted octanol–water partition coefficient (Wildman–Crippen LogP) is 4.07. The van der Waals surface area contributed by atoms with Gasteiger partial charge in [0.05, 0.1) is 25.9 Å². The number of nitrogens with two attached hydrogens (primary N) is 1. The van der Waals surface area contributed by atoms with Gasteiger partial charge in [0.1, 0.15) is 22.7 Å². The van der Waals surface area contributed by atoms with Gasteiger partial charge in [-0.25, -0.2) is 4.79 Å². The molecule has 1 fully saturated rings. The normalized spacial score (nSPS) is 14.8. The van der Waals surface area contributed by atoms with E-state index in [-0.39, 0.29) is 6.04 Å². The number of likely N-dealkylation sites (tertiary alicyclic amines) is 1. The standard InChI is InChI=1S/C25H32N4O5/c1-4-32-21-12-16(13-22(23(21)26)33-5-2)15-29-10-8-18(9-11-29)27-25-28-19-14-17(24(30)31-3)6-7-20(19)34-25/h6-7,12-14,18H,4-5,8-11,15,26H2,1-3H3,(H,27,28). The molecule has 1 aliphatic heterocycles. The summed E-state index contributed by atoms with van der Waals surface area (Å²) in [4.78, 5) is 18.6. The fourth-order valence-electron chi connectivity index (χ4n) is 4.20. The van der Waals surface area contributed by atoms with Gasteiger partial charge in [0, 0.05) is 25.7 Å². The van der Waals surface area contributed by atoms with E-state index in [1.807, 2.05) is 26.0 Å². The molecule has 3 aromatic rings. The van der Waals surface area contributed by atoms with Gasteiger partial charge >= 0.3 is 5.97 Å². The molecule has 0 spiro atoms. The van der Waals surface area contributed by atoms with Gasteiger partial charge in [0.15, 0.2) is 5.58 Å². The number of carbonyl (C=O) groups excluding carboxylic acids is 1. The van der Waals surface area contributed by atoms with Crippen LogP contribution >= 0.6 is 0 Å². The van der Waals surface area contributed by atoms with E-state index < -0.39 is 5.97 Å². The molecule has 9 heteroatoms. The molecule has 0 radical (unpaired) electrons. The number of aromatic nitrogens is 1. The van der Waals surface area contributed by atoms with Crippen molar-refractivity contribution in [1.82, 2.24) is 9.88 Å². The van der Waals surface area contributed by atoms with Gasteiger partial charge in [-0.1, -0.05) is 0 Å². The third-order valence-corrected chi connectivity index (χ3v) is 5.89. The number of fused-ring (bicyclic) bond motifs is 1. The maximum atomic E-state index is 11.7. The molecule has 0 amide bonds. The Bertz CT molecular complexity index is 1110. The van der Waals surface area contributed by atoms with Crippen molar-refractivity contribution in [1.29, 1.82) is 0 Å². The third kappa shape index (κ3) is 5.36. The maximum Gasteiger partial charge on any atom is 0.337 e. The molecule has 34 heavy (non-hydrogen) atoms. The molecule has 182 valence electrons. The number of nitrogen functional groups attached to an aromatic ring is 1. The third-order valence-electron chi connectivity index (χ3n) is 5.89. The van der Waals surface area contributed by atoms with Gasteiger partial charge < -0.3 is 29.7 Å². The maximum absolute atomic E-state index is 11.7. The number of benzene rings is 2. The molecular formula is C25H32N4O5. The van der Waals surface area contributed by atoms with Crippen LogP contribution in [0.5, 0.6) is 11.5 Å². The van der Waals surface area contributed by atoms with E-state index >= 15 is 0 Å². The van der Waals surface area contributed by atoms with E-state index in [1.165, 1.54) is 7.11 Å². The highest BCUT2D eigenvalue weighted by atomic mass is 16.5. The lowest BCUT2D eigenvalue weighted by molar-refractivity contribution is 0.0601. The second-order valence-corrected chi connectivity index (χ2v) is 8.26. The van der Waals surface area contributed by atoms with Gasteiger partial charge in [0.2, 0.25) is 0 Å². The van der Waals surface area contributed by atoms with Gasteiger partial charge in [-0.05, 0) is 62.6 Å². The van der Waals surface area contributed by atoms with E-state index in [9.17, 15) is 4.79 Å². The Kier molecular flexibility index (Phi) is 7.42. The number of oxazole rings is 1. The summed E-state index contributed by atoms with van der Waals surface area (Å²) >= 11 is 0. The molecule has 0 unspecified atom stereocenters. The largest absolute Gasteiger partial charge is 0.492 e. The van der Waals surface area contributed by atoms with Crippen molar-refractivity contribution in [3.63, 3.8) is 0 Å². The minimum atomic E-state index is -0.394. The summed E-state index contributed by atoms with van der Waals surface area (Å²) in [5.41, 5.74) is 9.57. The van der Waals surface area contributed by atoms with Crippen LogP contribution in [0.25, 0.3) is 11.1 Å². The van der Waals surface area contributed by atoms with Gasteiger partial charge in [0.25, 0.3) is 6.01 Å². The highest BCUT2D eigenvalue weighted by molar-refractivity contribution is 5.93. The highest BCUT2D eigenvalue weighted by Crippen LogP contribution is 2.34. The number of carbonyl (C=O) groups is 1. The van der Waals surface area contributed by atoms with Crippen molar-refractivity contribution in [2.24, 2.45) is 0 Å². The van der Waals surface area contributed by atoms with Crippen molar-refractivity contribution in [3.8, 4) is 11.5 Å². The zero-order valence-electron chi connectivity index (χ0n) is 19.9. The summed E-state index contributed by atoms with van der Waals surface area (Å²) in [5.74, 6) is 0.951. The molecule has 3 N–H and O–H groups in total. The van der Waals surface area contributed by atoms with Crippen molar-refractivity contribution in [2.45, 2.75) is 39.3 Å². The van der Waals surface area contributed by atoms with Crippen LogP contribution in [-0.4, -0.2) is 55.3 Å². The zero-order valence-corrected chi connectivity index (χ0v) is 19.9. The Labute approximate surface area is 199 Å². The minimum absolute atomic E-state index is 0.258. The number of methoxy groups -OCH3 is 1. The number of hydrogen-bond donors (Lipinski definition) is 2. The summed E-state index contributed by atoms with van der Waals surface area (Å²) in [6.07, 6.45) is 1.91. The quantitative estimate of drug-likeness (QED) is 0.354. The molecule has 9 nitrogen and oxygen atoms in total. The Balaban J connectivity index is 1.36. The summed E-state index contributed by atoms with van der Waals surface area (Å²) in [6, 6.07) is 9.83. The van der Waals surface area contributed by atoms with Gasteiger partial charge in [-0.3, -0.25) is 4.90 Å². The summed E-state index contributed by atoms with van der Waals surface area (Å²) < 4.78 is 22.0. The Morgan fingerprint density at radius 3 is 2.44 bits per heavy atom. The van der Waals surface area contributed by atoms with Crippen LogP contribution in [0.3, 0.4) is 0 Å². The van der Waals surface area contributed by atoms with Gasteiger partial charge in [-0.15, -0.1) is 0 Å². The van der Waals surface area contributed by atoms with E-state index in [4.69, 9.17) is 24.4 Å². The zero-order chi connectivity index (χ0) is 24.1. The lowest BCUT2D eigenvalue weighted by Crippen LogP contribution is -2.38. The fraction of sp³-hybridized carbons (Fsp3) is 0.440. The van der Waals surface area contributed by atoms with E-state index in [1.54, 1.807) is 18.2 Å². The van der Waals surface area contributed by atoms with Crippen LogP contribution in [-0.2, 0) is 11.3 Å². The van der Waals surface area contributed by atoms with Crippen LogP contribution in [0.2, 0.25) is 0 Å². The smallest absolute Gasteiger partial charge is 0.337 e. The Morgan fingerprint density at radius 1 is 1.15 bits per heavy atom. The number of rotatable bonds is 9. The first-order valence-electron chi connectivity index (χ1n) is 11.7. The van der Waals surface area contributed by atoms with Crippen LogP contribution in [0, 0.1) is 0 Å². The summed E-state index contributed by atoms with van der Waals surface area (Å²) in [6.45, 7) is 7.66. The van der Waals surface area contributed by atoms with Gasteiger partial charge in [-0.2, -0.15) is 4.98 Å². The molecule has 1 aromatic heterocycles. The predicted molar refractivity (Wildman–Crippen MR) is 130 cm³/mol. The lowest BCUT2D eigenvalue weighted by atomic mass is 10.0. The molecule has 1 aliphatic rings. The van der Waals surface area contributed by atoms with E-state index in [0.717, 1.165) is 38.0 Å². The second-order valence-electron chi connectivity index (χ2n) is 8.26. The lowest BCUT2D eigenvalue weighted by Gasteiger charge is -2.32. The molecule has 0 saturated carbocycles. The SMILES string of the molecule is CCOc1cc(CN2CCC(Nc3nc4cc(C(=O)OC)ccc4o3)CC2)cc(OCC)c1N. The minimum Gasteiger partial charge on any atom is -0.492 e. The average molecular weight is 469 g/mol. The fourth-order valence-corrected chi connectivity index (χ4v) is 4.20. The number of piperidine rings is 1. The van der Waals surface area contributed by atoms with Crippen molar-refractivity contribution in [3.05, 3.63) is 41.5 Å². The van der Waals surface area contributed by atoms with E-state index in [2.05, 4.69) is 15.2 Å². The number of esters is 1. The van der Waals surface area contributed by atoms with Crippen molar-refractivity contribution < 1.29 is 23.4 Å². The van der Waals surface area contributed by atoms with Crippen LogP contribution < -0.4 is 20.5 Å². The average Bonchev–Trinajstić information content (AvgIpc) is 3.24. The molecule has 4 rings (SSSR count). The van der Waals surface area contributed by atoms with E-state index in [0.29, 0.717) is 53.1 Å². The van der Waals surface area contributed by atoms with Crippen molar-refractivity contribution >= 4 is 28.8 Å². The molecular weight excluding hydrogens is 436 g/mol. The first-order chi connectivity index (χ1) is 16.5. The number of nitrogens with one attached hydrogen (secondary N) is 1. The monoisotopic (exact) mass is 468 g/mol. The number of nitrogens with zero attached hydrogens (tertiary/aromatic N) is 2. The number of hydrogen-bond acceptors (Lipinski definition) is 9. The molecule has 2 aromatic carbocycles. The van der Waals surface area contributed by atoms with Crippen LogP contribution in [0.4, 0.5) is 11.7 Å². The highest BCUT2D eigenvalue weighted by Gasteiger charge is 2.22. The molecule has 0 atom stereocenters. The molecule has 2 heterocycles. The summed E-state index contributed by atoms with van der Waals surface area (Å²) in [7, 11) is 1.36. The molecule has 1 saturated heterocycles. The topological polar surface area (TPSA) is 112 Å². The number of ether oxygens (including phenoxy) is 3. The molecule has 0 bridgehead atoms. The number of anilines is 2. The van der Waals surface area contributed by atoms with Crippen molar-refractivity contribution in [2.75, 3.05) is 44.5 Å². The first kappa shape index (κ1) is 23.7. The Hall–Kier alpha value is -3.46. The van der Waals surface area contributed by atoms with Crippen LogP contribution in [0.1, 0.15) is 42.6 Å². The Morgan fingerprint density at radius 2 is 1.82 bits per heavy atom. The van der Waals surface area contributed by atoms with Crippen LogP contribution in [0.15, 0.2) is 34.7 Å². The second kappa shape index (κ2) is 10.6. The first-order valence-corrected chi connectivity index (χ1v) is 11.7. The molecule has 0 aliphatic carbocycles. The summed E-state index contributed by atoms with van der Waals surface area (Å²) in [5, 5.41) is 3.40.